The van der Waals surface area contributed by atoms with Gasteiger partial charge in [0.2, 0.25) is 0 Å². The number of hydrogen-bond donors (Lipinski definition) is 1. The molecule has 4 heteroatoms. The van der Waals surface area contributed by atoms with Gasteiger partial charge in [0.25, 0.3) is 0 Å². The number of likely N-dealkylation sites (N-methyl/N-ethyl adjacent to an activating group) is 1. The fraction of sp³-hybridized carbons (Fsp3) is 0.364. The number of ketones is 1. The molecule has 0 amide bonds. The van der Waals surface area contributed by atoms with Gasteiger partial charge < -0.3 is 5.32 Å². The Bertz CT molecular complexity index is 404. The zero-order valence-electron chi connectivity index (χ0n) is 8.95. The number of halogens is 2. The summed E-state index contributed by atoms with van der Waals surface area (Å²) in [6, 6.07) is 1.71. The van der Waals surface area contributed by atoms with E-state index in [0.29, 0.717) is 15.6 Å². The maximum Gasteiger partial charge on any atom is 0.176 e. The van der Waals surface area contributed by atoms with Crippen LogP contribution in [0, 0.1) is 19.7 Å². The average molecular weight is 274 g/mol. The normalized spacial score (nSPS) is 10.5. The lowest BCUT2D eigenvalue weighted by Gasteiger charge is -2.09. The molecule has 15 heavy (non-hydrogen) atoms. The Balaban J connectivity index is 3.26. The lowest BCUT2D eigenvalue weighted by atomic mass is 10.0. The second-order valence-electron chi connectivity index (χ2n) is 3.45. The molecule has 0 aromatic heterocycles. The van der Waals surface area contributed by atoms with E-state index >= 15 is 0 Å². The number of carbonyl (C=O) groups is 1. The molecule has 1 aromatic rings. The molecule has 2 nitrogen and oxygen atoms in total. The van der Waals surface area contributed by atoms with Gasteiger partial charge in [-0.25, -0.2) is 4.39 Å². The van der Waals surface area contributed by atoms with E-state index in [1.165, 1.54) is 0 Å². The highest BCUT2D eigenvalue weighted by Gasteiger charge is 2.15. The minimum absolute atomic E-state index is 0.0931. The summed E-state index contributed by atoms with van der Waals surface area (Å²) >= 11 is 3.15. The molecule has 0 saturated carbocycles. The summed E-state index contributed by atoms with van der Waals surface area (Å²) in [5.74, 6) is -0.445. The molecule has 0 heterocycles. The molecule has 1 N–H and O–H groups in total. The quantitative estimate of drug-likeness (QED) is 0.858. The zero-order chi connectivity index (χ0) is 11.6. The van der Waals surface area contributed by atoms with Crippen molar-refractivity contribution >= 4 is 21.7 Å². The van der Waals surface area contributed by atoms with Crippen molar-refractivity contribution in [3.63, 3.8) is 0 Å². The van der Waals surface area contributed by atoms with E-state index in [-0.39, 0.29) is 18.1 Å². The van der Waals surface area contributed by atoms with Crippen molar-refractivity contribution < 1.29 is 9.18 Å². The molecule has 0 unspecified atom stereocenters. The van der Waals surface area contributed by atoms with Crippen LogP contribution in [-0.4, -0.2) is 19.4 Å². The van der Waals surface area contributed by atoms with Crippen molar-refractivity contribution in [1.29, 1.82) is 0 Å². The smallest absolute Gasteiger partial charge is 0.176 e. The van der Waals surface area contributed by atoms with Crippen LogP contribution in [0.5, 0.6) is 0 Å². The Hall–Kier alpha value is -0.740. The Morgan fingerprint density at radius 3 is 2.67 bits per heavy atom. The van der Waals surface area contributed by atoms with Crippen molar-refractivity contribution in [2.75, 3.05) is 13.6 Å². The van der Waals surface area contributed by atoms with Crippen molar-refractivity contribution in [1.82, 2.24) is 5.32 Å². The number of rotatable bonds is 3. The summed E-state index contributed by atoms with van der Waals surface area (Å²) in [5, 5.41) is 2.76. The summed E-state index contributed by atoms with van der Waals surface area (Å²) < 4.78 is 14.1. The summed E-state index contributed by atoms with van der Waals surface area (Å²) in [5.41, 5.74) is 1.58. The van der Waals surface area contributed by atoms with Crippen LogP contribution in [0.25, 0.3) is 0 Å². The Kier molecular flexibility index (Phi) is 3.99. The predicted molar refractivity (Wildman–Crippen MR) is 61.8 cm³/mol. The minimum Gasteiger partial charge on any atom is -0.313 e. The molecule has 0 radical (unpaired) electrons. The van der Waals surface area contributed by atoms with E-state index in [1.54, 1.807) is 27.0 Å². The van der Waals surface area contributed by atoms with Crippen molar-refractivity contribution in [2.24, 2.45) is 0 Å². The largest absolute Gasteiger partial charge is 0.313 e. The molecule has 0 bridgehead atoms. The number of aryl methyl sites for hydroxylation is 1. The van der Waals surface area contributed by atoms with Crippen molar-refractivity contribution in [2.45, 2.75) is 13.8 Å². The highest BCUT2D eigenvalue weighted by atomic mass is 79.9. The third kappa shape index (κ3) is 2.44. The van der Waals surface area contributed by atoms with Gasteiger partial charge in [0.1, 0.15) is 5.82 Å². The Labute approximate surface area is 97.0 Å². The zero-order valence-corrected chi connectivity index (χ0v) is 10.5. The van der Waals surface area contributed by atoms with Crippen molar-refractivity contribution in [3.05, 3.63) is 33.0 Å². The van der Waals surface area contributed by atoms with Gasteiger partial charge in [-0.05, 0) is 54.0 Å². The maximum absolute atomic E-state index is 13.6. The standard InChI is InChI=1S/C11H13BrFNO/c1-6-4-8(9(15)5-14-3)7(2)11(13)10(6)12/h4,14H,5H2,1-3H3. The van der Waals surface area contributed by atoms with Crippen LogP contribution >= 0.6 is 15.9 Å². The molecule has 82 valence electrons. The topological polar surface area (TPSA) is 29.1 Å². The van der Waals surface area contributed by atoms with Crippen LogP contribution in [0.3, 0.4) is 0 Å². The maximum atomic E-state index is 13.6. The summed E-state index contributed by atoms with van der Waals surface area (Å²) in [6.45, 7) is 3.60. The average Bonchev–Trinajstić information content (AvgIpc) is 2.20. The number of hydrogen-bond acceptors (Lipinski definition) is 2. The first kappa shape index (κ1) is 12.3. The molecule has 1 aromatic carbocycles. The second-order valence-corrected chi connectivity index (χ2v) is 4.24. The number of nitrogens with one attached hydrogen (secondary N) is 1. The second kappa shape index (κ2) is 4.86. The molecule has 0 aliphatic rings. The van der Waals surface area contributed by atoms with Gasteiger partial charge in [0.15, 0.2) is 5.78 Å². The Morgan fingerprint density at radius 2 is 2.13 bits per heavy atom. The first-order valence-corrected chi connectivity index (χ1v) is 5.41. The van der Waals surface area contributed by atoms with Crippen LogP contribution in [0.1, 0.15) is 21.5 Å². The van der Waals surface area contributed by atoms with E-state index in [1.807, 2.05) is 0 Å². The molecule has 0 atom stereocenters. The SMILES string of the molecule is CNCC(=O)c1cc(C)c(Br)c(F)c1C. The summed E-state index contributed by atoms with van der Waals surface area (Å²) in [7, 11) is 1.69. The van der Waals surface area contributed by atoms with Crippen LogP contribution < -0.4 is 5.32 Å². The van der Waals surface area contributed by atoms with Crippen LogP contribution in [0.15, 0.2) is 10.5 Å². The third-order valence-corrected chi connectivity index (χ3v) is 3.24. The highest BCUT2D eigenvalue weighted by Crippen LogP contribution is 2.26. The van der Waals surface area contributed by atoms with Crippen molar-refractivity contribution in [3.8, 4) is 0 Å². The fourth-order valence-electron chi connectivity index (χ4n) is 1.39. The summed E-state index contributed by atoms with van der Waals surface area (Å²) in [6.07, 6.45) is 0. The van der Waals surface area contributed by atoms with Gasteiger partial charge in [-0.1, -0.05) is 0 Å². The van der Waals surface area contributed by atoms with E-state index in [2.05, 4.69) is 21.2 Å². The van der Waals surface area contributed by atoms with Gasteiger partial charge in [0.05, 0.1) is 11.0 Å². The lowest BCUT2D eigenvalue weighted by Crippen LogP contribution is -2.20. The number of benzene rings is 1. The van der Waals surface area contributed by atoms with E-state index in [9.17, 15) is 9.18 Å². The molecule has 0 aliphatic heterocycles. The summed E-state index contributed by atoms with van der Waals surface area (Å²) in [4.78, 5) is 11.6. The number of carbonyl (C=O) groups excluding carboxylic acids is 1. The molecule has 1 rings (SSSR count). The van der Waals surface area contributed by atoms with Gasteiger partial charge in [-0.3, -0.25) is 4.79 Å². The molecular weight excluding hydrogens is 261 g/mol. The van der Waals surface area contributed by atoms with Crippen LogP contribution in [-0.2, 0) is 0 Å². The highest BCUT2D eigenvalue weighted by molar-refractivity contribution is 9.10. The van der Waals surface area contributed by atoms with Gasteiger partial charge in [-0.2, -0.15) is 0 Å². The molecule has 0 aliphatic carbocycles. The van der Waals surface area contributed by atoms with Crippen LogP contribution in [0.2, 0.25) is 0 Å². The lowest BCUT2D eigenvalue weighted by molar-refractivity contribution is 0.0992. The molecule has 0 saturated heterocycles. The van der Waals surface area contributed by atoms with Gasteiger partial charge in [0, 0.05) is 5.56 Å². The van der Waals surface area contributed by atoms with Gasteiger partial charge >= 0.3 is 0 Å². The predicted octanol–water partition coefficient (Wildman–Crippen LogP) is 2.61. The third-order valence-electron chi connectivity index (χ3n) is 2.27. The fourth-order valence-corrected chi connectivity index (χ4v) is 1.80. The minimum atomic E-state index is -0.352. The van der Waals surface area contributed by atoms with E-state index in [4.69, 9.17) is 0 Å². The monoisotopic (exact) mass is 273 g/mol. The number of Topliss-reactive ketones (excluding diaryl/α,β-unsaturated/α-hetero) is 1. The first-order chi connectivity index (χ1) is 6.99. The van der Waals surface area contributed by atoms with E-state index < -0.39 is 0 Å². The Morgan fingerprint density at radius 1 is 1.53 bits per heavy atom. The first-order valence-electron chi connectivity index (χ1n) is 4.62. The molecule has 0 fully saturated rings. The van der Waals surface area contributed by atoms with Gasteiger partial charge in [-0.15, -0.1) is 0 Å². The van der Waals surface area contributed by atoms with E-state index in [0.717, 1.165) is 5.56 Å². The van der Waals surface area contributed by atoms with Crippen LogP contribution in [0.4, 0.5) is 4.39 Å². The molecular formula is C11H13BrFNO. The molecule has 0 spiro atoms.